The van der Waals surface area contributed by atoms with E-state index in [0.29, 0.717) is 72.2 Å². The lowest BCUT2D eigenvalue weighted by Crippen LogP contribution is -2.43. The molecular formula is C40H44F3N7O3. The van der Waals surface area contributed by atoms with Crippen molar-refractivity contribution in [2.45, 2.75) is 88.8 Å². The molecule has 5 fully saturated rings. The second-order valence-corrected chi connectivity index (χ2v) is 16.0. The summed E-state index contributed by atoms with van der Waals surface area (Å²) in [4.78, 5) is 18.7. The predicted molar refractivity (Wildman–Crippen MR) is 195 cm³/mol. The van der Waals surface area contributed by atoms with E-state index in [0.717, 1.165) is 62.4 Å². The number of anilines is 1. The number of alkyl halides is 1. The molecule has 4 saturated heterocycles. The Morgan fingerprint density at radius 3 is 2.79 bits per heavy atom. The molecule has 2 aromatic carbocycles. The van der Waals surface area contributed by atoms with Crippen LogP contribution in [0.25, 0.3) is 43.8 Å². The van der Waals surface area contributed by atoms with E-state index in [1.807, 2.05) is 17.7 Å². The Labute approximate surface area is 305 Å². The van der Waals surface area contributed by atoms with Gasteiger partial charge in [0.05, 0.1) is 28.7 Å². The van der Waals surface area contributed by atoms with Gasteiger partial charge in [-0.05, 0) is 92.3 Å². The van der Waals surface area contributed by atoms with Gasteiger partial charge in [0.2, 0.25) is 0 Å². The topological polar surface area (TPSA) is 102 Å². The number of hydrogen-bond donors (Lipinski definition) is 1. The number of hydrogen-bond acceptors (Lipinski definition) is 9. The van der Waals surface area contributed by atoms with E-state index in [9.17, 15) is 9.50 Å². The summed E-state index contributed by atoms with van der Waals surface area (Å²) in [5, 5.41) is 17.9. The lowest BCUT2D eigenvalue weighted by molar-refractivity contribution is -0.0366. The van der Waals surface area contributed by atoms with Gasteiger partial charge in [-0.2, -0.15) is 15.1 Å². The number of halogens is 3. The normalized spacial score (nSPS) is 28.8. The second kappa shape index (κ2) is 12.8. The first-order chi connectivity index (χ1) is 25.8. The molecule has 1 N–H and O–H groups in total. The van der Waals surface area contributed by atoms with Crippen molar-refractivity contribution in [3.05, 3.63) is 47.8 Å². The zero-order chi connectivity index (χ0) is 36.0. The summed E-state index contributed by atoms with van der Waals surface area (Å²) in [6.07, 6.45) is 8.78. The fraction of sp³-hybridized carbons (Fsp3) is 0.550. The summed E-state index contributed by atoms with van der Waals surface area (Å²) in [5.41, 5.74) is 1.33. The smallest absolute Gasteiger partial charge is 0.319 e. The zero-order valence-electron chi connectivity index (χ0n) is 29.9. The van der Waals surface area contributed by atoms with Crippen molar-refractivity contribution in [2.24, 2.45) is 11.8 Å². The largest absolute Gasteiger partial charge is 0.461 e. The highest BCUT2D eigenvalue weighted by Crippen LogP contribution is 2.45. The first-order valence-electron chi connectivity index (χ1n) is 19.3. The summed E-state index contributed by atoms with van der Waals surface area (Å²) < 4.78 is 62.2. The number of ether oxygens (including phenoxy) is 2. The molecule has 3 aromatic heterocycles. The molecular weight excluding hydrogens is 683 g/mol. The molecule has 0 radical (unpaired) electrons. The summed E-state index contributed by atoms with van der Waals surface area (Å²) >= 11 is 0. The molecule has 1 unspecified atom stereocenters. The number of aliphatic hydroxyl groups excluding tert-OH is 1. The van der Waals surface area contributed by atoms with Crippen LogP contribution in [0, 0.1) is 23.5 Å². The molecule has 5 aliphatic rings. The number of aliphatic hydroxyl groups is 1. The number of aromatic nitrogens is 5. The highest BCUT2D eigenvalue weighted by atomic mass is 19.1. The van der Waals surface area contributed by atoms with Crippen LogP contribution in [0.2, 0.25) is 0 Å². The fourth-order valence-electron chi connectivity index (χ4n) is 10.3. The number of nitrogens with zero attached hydrogens (tertiary/aromatic N) is 7. The number of aryl methyl sites for hydroxylation is 1. The van der Waals surface area contributed by atoms with Gasteiger partial charge in [0, 0.05) is 55.7 Å². The quantitative estimate of drug-likeness (QED) is 0.192. The highest BCUT2D eigenvalue weighted by Gasteiger charge is 2.49. The molecule has 7 heterocycles. The van der Waals surface area contributed by atoms with Crippen molar-refractivity contribution in [1.82, 2.24) is 29.6 Å². The standard InChI is InChI=1S/C40H44F3N7O3/c1-2-26-29(42)8-7-23-14-30-27(17-45-50(30)32-6-3-4-11-52-32)34(33(23)26)37-35(43)36-28(16-44-37)38(48-18-22-12-24(19-48)31(51)13-22)47-39(46-36)53-21-40-9-5-10-49(40)20-25(41)15-40/h7-8,14,16-17,22,24-25,31-32,51H,2-6,9-13,15,18-21H2,1H3/t22-,24-,25-,31-,32?,40+/m1/s1. The first kappa shape index (κ1) is 33.5. The van der Waals surface area contributed by atoms with Crippen molar-refractivity contribution < 1.29 is 27.8 Å². The minimum absolute atomic E-state index is 0.0242. The Bertz CT molecular complexity index is 2240. The van der Waals surface area contributed by atoms with Crippen molar-refractivity contribution in [2.75, 3.05) is 44.3 Å². The van der Waals surface area contributed by atoms with Crippen LogP contribution in [0.4, 0.5) is 19.0 Å². The van der Waals surface area contributed by atoms with Crippen LogP contribution in [0.1, 0.15) is 70.1 Å². The maximum Gasteiger partial charge on any atom is 0.319 e. The Morgan fingerprint density at radius 1 is 1.06 bits per heavy atom. The molecule has 278 valence electrons. The molecule has 0 amide bonds. The van der Waals surface area contributed by atoms with Crippen LogP contribution < -0.4 is 9.64 Å². The molecule has 1 aliphatic carbocycles. The number of fused-ring (bicyclic) bond motifs is 6. The van der Waals surface area contributed by atoms with Crippen molar-refractivity contribution >= 4 is 38.4 Å². The Balaban J connectivity index is 1.16. The maximum absolute atomic E-state index is 17.6. The van der Waals surface area contributed by atoms with Gasteiger partial charge in [0.1, 0.15) is 35.6 Å². The molecule has 53 heavy (non-hydrogen) atoms. The third-order valence-electron chi connectivity index (χ3n) is 12.8. The number of benzene rings is 2. The van der Waals surface area contributed by atoms with Gasteiger partial charge in [0.25, 0.3) is 0 Å². The molecule has 1 saturated carbocycles. The molecule has 10 nitrogen and oxygen atoms in total. The van der Waals surface area contributed by atoms with Gasteiger partial charge in [-0.25, -0.2) is 17.9 Å². The minimum Gasteiger partial charge on any atom is -0.461 e. The summed E-state index contributed by atoms with van der Waals surface area (Å²) in [7, 11) is 0. The maximum atomic E-state index is 17.6. The summed E-state index contributed by atoms with van der Waals surface area (Å²) in [6, 6.07) is 5.20. The summed E-state index contributed by atoms with van der Waals surface area (Å²) in [5.74, 6) is -0.148. The van der Waals surface area contributed by atoms with Crippen molar-refractivity contribution in [1.29, 1.82) is 0 Å². The number of rotatable bonds is 7. The van der Waals surface area contributed by atoms with Crippen LogP contribution >= 0.6 is 0 Å². The number of piperidine rings is 1. The van der Waals surface area contributed by atoms with Crippen LogP contribution in [0.3, 0.4) is 0 Å². The molecule has 4 aliphatic heterocycles. The molecule has 10 rings (SSSR count). The lowest BCUT2D eigenvalue weighted by atomic mass is 9.92. The zero-order valence-corrected chi connectivity index (χ0v) is 29.9. The van der Waals surface area contributed by atoms with E-state index in [2.05, 4.69) is 9.80 Å². The van der Waals surface area contributed by atoms with E-state index >= 15 is 8.78 Å². The SMILES string of the molecule is CCc1c(F)ccc2cc3c(cnn3C3CCCCO3)c(-c3ncc4c(N5C[C@@H]6C[C@H](C5)[C@H](O)C6)nc(OC[C@@]56CCCN5C[C@H](F)C6)nc4c3F)c12. The second-order valence-electron chi connectivity index (χ2n) is 16.0. The van der Waals surface area contributed by atoms with Crippen LogP contribution in [-0.4, -0.2) is 91.9 Å². The Morgan fingerprint density at radius 2 is 1.96 bits per heavy atom. The molecule has 2 bridgehead atoms. The average Bonchev–Trinajstić information content (AvgIpc) is 3.91. The fourth-order valence-corrected chi connectivity index (χ4v) is 10.3. The van der Waals surface area contributed by atoms with Crippen LogP contribution in [0.15, 0.2) is 30.6 Å². The average molecular weight is 728 g/mol. The van der Waals surface area contributed by atoms with Gasteiger partial charge >= 0.3 is 6.01 Å². The van der Waals surface area contributed by atoms with Gasteiger partial charge in [-0.3, -0.25) is 9.88 Å². The Kier molecular flexibility index (Phi) is 8.07. The van der Waals surface area contributed by atoms with Gasteiger partial charge in [0.15, 0.2) is 12.0 Å². The third-order valence-corrected chi connectivity index (χ3v) is 12.8. The first-order valence-corrected chi connectivity index (χ1v) is 19.3. The molecule has 13 heteroatoms. The van der Waals surface area contributed by atoms with Crippen LogP contribution in [-0.2, 0) is 11.2 Å². The van der Waals surface area contributed by atoms with E-state index in [1.54, 1.807) is 18.5 Å². The van der Waals surface area contributed by atoms with Crippen molar-refractivity contribution in [3.8, 4) is 17.3 Å². The minimum atomic E-state index is -0.919. The van der Waals surface area contributed by atoms with E-state index in [1.165, 1.54) is 6.07 Å². The molecule has 6 atom stereocenters. The molecule has 0 spiro atoms. The lowest BCUT2D eigenvalue weighted by Gasteiger charge is -2.34. The molecule has 5 aromatic rings. The third kappa shape index (κ3) is 5.39. The monoisotopic (exact) mass is 727 g/mol. The van der Waals surface area contributed by atoms with Gasteiger partial charge < -0.3 is 19.5 Å². The van der Waals surface area contributed by atoms with E-state index in [-0.39, 0.29) is 53.8 Å². The predicted octanol–water partition coefficient (Wildman–Crippen LogP) is 6.90. The van der Waals surface area contributed by atoms with E-state index in [4.69, 9.17) is 29.5 Å². The van der Waals surface area contributed by atoms with E-state index < -0.39 is 17.5 Å². The van der Waals surface area contributed by atoms with Gasteiger partial charge in [-0.1, -0.05) is 13.0 Å². The van der Waals surface area contributed by atoms with Crippen LogP contribution in [0.5, 0.6) is 6.01 Å². The number of pyridine rings is 1. The Hall–Kier alpha value is -4.07. The highest BCUT2D eigenvalue weighted by molar-refractivity contribution is 6.13. The van der Waals surface area contributed by atoms with Crippen molar-refractivity contribution in [3.63, 3.8) is 0 Å². The summed E-state index contributed by atoms with van der Waals surface area (Å²) in [6.45, 7) is 5.16. The van der Waals surface area contributed by atoms with Gasteiger partial charge in [-0.15, -0.1) is 0 Å².